The number of alkyl halides is 1. The number of fused-ring (bicyclic) bond motifs is 1. The first kappa shape index (κ1) is 12.9. The lowest BCUT2D eigenvalue weighted by Crippen LogP contribution is -2.28. The number of rotatable bonds is 6. The van der Waals surface area contributed by atoms with E-state index >= 15 is 0 Å². The molecule has 1 unspecified atom stereocenters. The van der Waals surface area contributed by atoms with Crippen molar-refractivity contribution >= 4 is 11.6 Å². The van der Waals surface area contributed by atoms with Gasteiger partial charge in [-0.05, 0) is 48.8 Å². The van der Waals surface area contributed by atoms with Crippen molar-refractivity contribution in [1.29, 1.82) is 0 Å². The minimum atomic E-state index is 0.556. The topological polar surface area (TPSA) is 12.0 Å². The molecule has 94 valence electrons. The van der Waals surface area contributed by atoms with Gasteiger partial charge in [-0.25, -0.2) is 0 Å². The van der Waals surface area contributed by atoms with Gasteiger partial charge in [-0.2, -0.15) is 0 Å². The van der Waals surface area contributed by atoms with Crippen LogP contribution in [0, 0.1) is 0 Å². The van der Waals surface area contributed by atoms with Gasteiger partial charge >= 0.3 is 0 Å². The van der Waals surface area contributed by atoms with Gasteiger partial charge in [0, 0.05) is 18.5 Å². The predicted octanol–water partition coefficient (Wildman–Crippen LogP) is 3.67. The molecule has 1 aliphatic carbocycles. The van der Waals surface area contributed by atoms with Crippen LogP contribution in [0.5, 0.6) is 0 Å². The summed E-state index contributed by atoms with van der Waals surface area (Å²) >= 11 is 5.79. The van der Waals surface area contributed by atoms with Crippen LogP contribution in [0.4, 0.5) is 0 Å². The van der Waals surface area contributed by atoms with E-state index in [1.54, 1.807) is 11.1 Å². The third kappa shape index (κ3) is 3.46. The van der Waals surface area contributed by atoms with Crippen molar-refractivity contribution in [2.75, 3.05) is 5.88 Å². The van der Waals surface area contributed by atoms with Crippen molar-refractivity contribution in [3.63, 3.8) is 0 Å². The van der Waals surface area contributed by atoms with Crippen molar-refractivity contribution in [2.24, 2.45) is 0 Å². The van der Waals surface area contributed by atoms with E-state index in [1.165, 1.54) is 24.8 Å². The average Bonchev–Trinajstić information content (AvgIpc) is 2.81. The fourth-order valence-corrected chi connectivity index (χ4v) is 2.84. The fraction of sp³-hybridized carbons (Fsp3) is 0.600. The van der Waals surface area contributed by atoms with Gasteiger partial charge in [0.25, 0.3) is 0 Å². The van der Waals surface area contributed by atoms with E-state index in [2.05, 4.69) is 30.4 Å². The molecule has 0 spiro atoms. The molecule has 0 heterocycles. The summed E-state index contributed by atoms with van der Waals surface area (Å²) in [6, 6.07) is 7.51. The van der Waals surface area contributed by atoms with Crippen molar-refractivity contribution in [3.8, 4) is 0 Å². The van der Waals surface area contributed by atoms with Crippen molar-refractivity contribution in [2.45, 2.75) is 51.6 Å². The molecule has 0 bridgehead atoms. The van der Waals surface area contributed by atoms with Crippen LogP contribution in [0.25, 0.3) is 0 Å². The van der Waals surface area contributed by atoms with E-state index < -0.39 is 0 Å². The van der Waals surface area contributed by atoms with Gasteiger partial charge in [-0.15, -0.1) is 11.6 Å². The molecule has 1 atom stereocenters. The molecule has 0 saturated carbocycles. The maximum atomic E-state index is 5.79. The molecule has 0 aromatic heterocycles. The predicted molar refractivity (Wildman–Crippen MR) is 74.7 cm³/mol. The third-order valence-electron chi connectivity index (χ3n) is 3.71. The molecule has 0 radical (unpaired) electrons. The zero-order chi connectivity index (χ0) is 12.1. The quantitative estimate of drug-likeness (QED) is 0.761. The van der Waals surface area contributed by atoms with E-state index in [9.17, 15) is 0 Å². The molecule has 0 saturated heterocycles. The SMILES string of the molecule is CCC(CCCl)NCc1ccc2c(c1)CCC2. The van der Waals surface area contributed by atoms with Crippen LogP contribution in [-0.2, 0) is 19.4 Å². The summed E-state index contributed by atoms with van der Waals surface area (Å²) in [7, 11) is 0. The van der Waals surface area contributed by atoms with Gasteiger partial charge in [-0.1, -0.05) is 25.1 Å². The molecule has 1 aromatic rings. The summed E-state index contributed by atoms with van der Waals surface area (Å²) < 4.78 is 0. The second-order valence-electron chi connectivity index (χ2n) is 4.92. The molecule has 2 heteroatoms. The lowest BCUT2D eigenvalue weighted by Gasteiger charge is -2.16. The van der Waals surface area contributed by atoms with Crippen molar-refractivity contribution in [3.05, 3.63) is 34.9 Å². The Balaban J connectivity index is 1.90. The smallest absolute Gasteiger partial charge is 0.0238 e. The number of hydrogen-bond acceptors (Lipinski definition) is 1. The maximum absolute atomic E-state index is 5.79. The summed E-state index contributed by atoms with van der Waals surface area (Å²) in [5.41, 5.74) is 4.54. The van der Waals surface area contributed by atoms with Crippen LogP contribution >= 0.6 is 11.6 Å². The normalized spacial score (nSPS) is 15.9. The van der Waals surface area contributed by atoms with E-state index in [0.717, 1.165) is 25.3 Å². The van der Waals surface area contributed by atoms with Crippen LogP contribution in [0.2, 0.25) is 0 Å². The lowest BCUT2D eigenvalue weighted by molar-refractivity contribution is 0.486. The van der Waals surface area contributed by atoms with Gasteiger partial charge in [0.05, 0.1) is 0 Å². The van der Waals surface area contributed by atoms with Gasteiger partial charge in [0.2, 0.25) is 0 Å². The summed E-state index contributed by atoms with van der Waals surface area (Å²) in [6.45, 7) is 3.19. The molecular weight excluding hydrogens is 230 g/mol. The molecule has 1 aromatic carbocycles. The Kier molecular flexibility index (Phi) is 4.87. The summed E-state index contributed by atoms with van der Waals surface area (Å²) in [5, 5.41) is 3.59. The average molecular weight is 252 g/mol. The fourth-order valence-electron chi connectivity index (χ4n) is 2.58. The van der Waals surface area contributed by atoms with Crippen LogP contribution in [0.3, 0.4) is 0 Å². The van der Waals surface area contributed by atoms with Crippen LogP contribution in [0.15, 0.2) is 18.2 Å². The molecular formula is C15H22ClN. The summed E-state index contributed by atoms with van der Waals surface area (Å²) in [5.74, 6) is 0.746. The highest BCUT2D eigenvalue weighted by atomic mass is 35.5. The van der Waals surface area contributed by atoms with Gasteiger partial charge in [0.15, 0.2) is 0 Å². The first-order valence-corrected chi connectivity index (χ1v) is 7.27. The Morgan fingerprint density at radius 2 is 2.12 bits per heavy atom. The highest BCUT2D eigenvalue weighted by molar-refractivity contribution is 6.17. The highest BCUT2D eigenvalue weighted by Crippen LogP contribution is 2.22. The molecule has 1 N–H and O–H groups in total. The third-order valence-corrected chi connectivity index (χ3v) is 3.93. The summed E-state index contributed by atoms with van der Waals surface area (Å²) in [4.78, 5) is 0. The molecule has 1 aliphatic rings. The number of halogens is 1. The van der Waals surface area contributed by atoms with E-state index in [-0.39, 0.29) is 0 Å². The Bertz CT molecular complexity index is 362. The first-order chi connectivity index (χ1) is 8.33. The molecule has 0 aliphatic heterocycles. The van der Waals surface area contributed by atoms with Crippen LogP contribution in [0.1, 0.15) is 42.9 Å². The first-order valence-electron chi connectivity index (χ1n) is 6.73. The van der Waals surface area contributed by atoms with E-state index in [0.29, 0.717) is 6.04 Å². The largest absolute Gasteiger partial charge is 0.310 e. The second kappa shape index (κ2) is 6.42. The van der Waals surface area contributed by atoms with Gasteiger partial charge in [-0.3, -0.25) is 0 Å². The van der Waals surface area contributed by atoms with Gasteiger partial charge < -0.3 is 5.32 Å². The van der Waals surface area contributed by atoms with Crippen LogP contribution < -0.4 is 5.32 Å². The Labute approximate surface area is 110 Å². The van der Waals surface area contributed by atoms with Crippen molar-refractivity contribution < 1.29 is 0 Å². The summed E-state index contributed by atoms with van der Waals surface area (Å²) in [6.07, 6.45) is 6.08. The lowest BCUT2D eigenvalue weighted by atomic mass is 10.1. The van der Waals surface area contributed by atoms with Crippen LogP contribution in [-0.4, -0.2) is 11.9 Å². The molecule has 2 rings (SSSR count). The monoisotopic (exact) mass is 251 g/mol. The number of aryl methyl sites for hydroxylation is 2. The Morgan fingerprint density at radius 3 is 2.88 bits per heavy atom. The Hall–Kier alpha value is -0.530. The minimum Gasteiger partial charge on any atom is -0.310 e. The number of nitrogens with one attached hydrogen (secondary N) is 1. The van der Waals surface area contributed by atoms with Crippen molar-refractivity contribution in [1.82, 2.24) is 5.32 Å². The Morgan fingerprint density at radius 1 is 1.29 bits per heavy atom. The van der Waals surface area contributed by atoms with E-state index in [4.69, 9.17) is 11.6 Å². The zero-order valence-electron chi connectivity index (χ0n) is 10.6. The standard InChI is InChI=1S/C15H22ClN/c1-2-15(8-9-16)17-11-12-6-7-13-4-3-5-14(13)10-12/h6-7,10,15,17H,2-5,8-9,11H2,1H3. The zero-order valence-corrected chi connectivity index (χ0v) is 11.4. The molecule has 1 nitrogen and oxygen atoms in total. The number of hydrogen-bond donors (Lipinski definition) is 1. The molecule has 17 heavy (non-hydrogen) atoms. The second-order valence-corrected chi connectivity index (χ2v) is 5.30. The minimum absolute atomic E-state index is 0.556. The van der Waals surface area contributed by atoms with Gasteiger partial charge in [0.1, 0.15) is 0 Å². The highest BCUT2D eigenvalue weighted by Gasteiger charge is 2.11. The number of benzene rings is 1. The van der Waals surface area contributed by atoms with E-state index in [1.807, 2.05) is 0 Å². The molecule has 0 fully saturated rings. The molecule has 0 amide bonds. The maximum Gasteiger partial charge on any atom is 0.0238 e.